The van der Waals surface area contributed by atoms with Gasteiger partial charge in [-0.25, -0.2) is 4.79 Å². The Hall–Kier alpha value is -3.08. The van der Waals surface area contributed by atoms with Crippen molar-refractivity contribution < 1.29 is 24.2 Å². The van der Waals surface area contributed by atoms with Crippen LogP contribution in [0.2, 0.25) is 0 Å². The Kier molecular flexibility index (Phi) is 7.62. The Balaban J connectivity index is 1.88. The van der Waals surface area contributed by atoms with Crippen LogP contribution in [-0.4, -0.2) is 18.4 Å². The lowest BCUT2D eigenvalue weighted by Gasteiger charge is -2.17. The van der Waals surface area contributed by atoms with Crippen LogP contribution < -0.4 is 9.84 Å². The first-order valence-electron chi connectivity index (χ1n) is 8.79. The maximum absolute atomic E-state index is 12.3. The molecule has 27 heavy (non-hydrogen) atoms. The first-order valence-corrected chi connectivity index (χ1v) is 8.79. The van der Waals surface area contributed by atoms with Crippen molar-refractivity contribution in [3.8, 4) is 5.75 Å². The number of Topliss-reactive ketones (excluding diaryl/α,β-unsaturated/α-hetero) is 1. The number of benzene rings is 2. The largest absolute Gasteiger partial charge is 0.875 e. The number of carbonyl (C=O) groups excluding carboxylic acids is 2. The minimum atomic E-state index is -0.879. The van der Waals surface area contributed by atoms with Gasteiger partial charge in [0.15, 0.2) is 5.78 Å². The van der Waals surface area contributed by atoms with E-state index in [-0.39, 0.29) is 13.0 Å². The summed E-state index contributed by atoms with van der Waals surface area (Å²) in [5.74, 6) is -1.27. The molecule has 0 saturated heterocycles. The van der Waals surface area contributed by atoms with E-state index in [1.54, 1.807) is 12.1 Å². The first kappa shape index (κ1) is 20.2. The number of rotatable bonds is 9. The first-order chi connectivity index (χ1) is 13.0. The monoisotopic (exact) mass is 367 g/mol. The lowest BCUT2D eigenvalue weighted by Crippen LogP contribution is -2.21. The van der Waals surface area contributed by atoms with E-state index in [1.165, 1.54) is 6.92 Å². The maximum Gasteiger partial charge on any atom is 0.341 e. The predicted molar refractivity (Wildman–Crippen MR) is 99.9 cm³/mol. The summed E-state index contributed by atoms with van der Waals surface area (Å²) < 4.78 is 10.7. The van der Waals surface area contributed by atoms with Gasteiger partial charge in [0.05, 0.1) is 12.2 Å². The smallest absolute Gasteiger partial charge is 0.341 e. The Morgan fingerprint density at radius 1 is 1.00 bits per heavy atom. The summed E-state index contributed by atoms with van der Waals surface area (Å²) in [4.78, 5) is 23.9. The highest BCUT2D eigenvalue weighted by Gasteiger charge is 2.17. The highest BCUT2D eigenvalue weighted by molar-refractivity contribution is 6.16. The highest BCUT2D eigenvalue weighted by atomic mass is 16.5. The van der Waals surface area contributed by atoms with Gasteiger partial charge in [-0.05, 0) is 44.4 Å². The molecule has 0 aliphatic heterocycles. The molecule has 0 saturated carbocycles. The molecule has 0 aromatic heterocycles. The quantitative estimate of drug-likeness (QED) is 0.170. The topological polar surface area (TPSA) is 75.7 Å². The molecule has 0 amide bonds. The van der Waals surface area contributed by atoms with Crippen molar-refractivity contribution in [3.63, 3.8) is 0 Å². The van der Waals surface area contributed by atoms with Crippen molar-refractivity contribution in [2.24, 2.45) is 0 Å². The van der Waals surface area contributed by atoms with E-state index in [9.17, 15) is 14.7 Å². The predicted octanol–water partition coefficient (Wildman–Crippen LogP) is 3.10. The van der Waals surface area contributed by atoms with E-state index in [1.807, 2.05) is 49.4 Å². The summed E-state index contributed by atoms with van der Waals surface area (Å²) in [5, 5.41) is 12.3. The van der Waals surface area contributed by atoms with Crippen LogP contribution in [0.15, 0.2) is 65.9 Å². The van der Waals surface area contributed by atoms with Gasteiger partial charge in [-0.15, -0.1) is 5.76 Å². The molecule has 0 fully saturated rings. The molecule has 0 heterocycles. The van der Waals surface area contributed by atoms with E-state index in [2.05, 4.69) is 0 Å². The Labute approximate surface area is 159 Å². The van der Waals surface area contributed by atoms with Crippen molar-refractivity contribution in [2.45, 2.75) is 33.3 Å². The lowest BCUT2D eigenvalue weighted by atomic mass is 10.1. The van der Waals surface area contributed by atoms with Gasteiger partial charge in [0.2, 0.25) is 0 Å². The third-order valence-electron chi connectivity index (χ3n) is 3.89. The van der Waals surface area contributed by atoms with Crippen molar-refractivity contribution in [2.75, 3.05) is 6.61 Å². The molecule has 0 aliphatic carbocycles. The van der Waals surface area contributed by atoms with Crippen LogP contribution >= 0.6 is 0 Å². The number of hydrogen-bond acceptors (Lipinski definition) is 5. The van der Waals surface area contributed by atoms with Gasteiger partial charge in [0.25, 0.3) is 0 Å². The average Bonchev–Trinajstić information content (AvgIpc) is 2.65. The van der Waals surface area contributed by atoms with Gasteiger partial charge < -0.3 is 14.6 Å². The summed E-state index contributed by atoms with van der Waals surface area (Å²) in [5.41, 5.74) is 1.50. The van der Waals surface area contributed by atoms with Crippen LogP contribution in [0.5, 0.6) is 5.75 Å². The molecule has 0 spiro atoms. The summed E-state index contributed by atoms with van der Waals surface area (Å²) in [6.07, 6.45) is 0.441. The Morgan fingerprint density at radius 3 is 2.30 bits per heavy atom. The Morgan fingerprint density at radius 2 is 1.67 bits per heavy atom. The number of ketones is 1. The van der Waals surface area contributed by atoms with Crippen LogP contribution in [0.4, 0.5) is 0 Å². The summed E-state index contributed by atoms with van der Waals surface area (Å²) in [6, 6.07) is 16.7. The fourth-order valence-electron chi connectivity index (χ4n) is 2.43. The zero-order valence-corrected chi connectivity index (χ0v) is 15.6. The number of allylic oxidation sites excluding steroid dienone is 1. The summed E-state index contributed by atoms with van der Waals surface area (Å²) in [6.45, 7) is 3.51. The highest BCUT2D eigenvalue weighted by Crippen LogP contribution is 2.14. The normalized spacial score (nSPS) is 11.5. The second-order valence-electron chi connectivity index (χ2n) is 6.18. The second kappa shape index (κ2) is 10.2. The third-order valence-corrected chi connectivity index (χ3v) is 3.89. The van der Waals surface area contributed by atoms with Crippen molar-refractivity contribution in [3.05, 3.63) is 77.1 Å². The van der Waals surface area contributed by atoms with E-state index >= 15 is 0 Å². The molecule has 0 bridgehead atoms. The number of ether oxygens (including phenoxy) is 2. The summed E-state index contributed by atoms with van der Waals surface area (Å²) >= 11 is 0. The fourth-order valence-corrected chi connectivity index (χ4v) is 2.43. The van der Waals surface area contributed by atoms with Gasteiger partial charge >= 0.3 is 5.97 Å². The van der Waals surface area contributed by atoms with Gasteiger partial charge in [0, 0.05) is 0 Å². The van der Waals surface area contributed by atoms with Crippen molar-refractivity contribution in [1.29, 1.82) is 0 Å². The van der Waals surface area contributed by atoms with Gasteiger partial charge in [0.1, 0.15) is 12.4 Å². The second-order valence-corrected chi connectivity index (χ2v) is 6.18. The number of carbonyl (C=O) groups is 2. The number of hydrogen-bond donors (Lipinski definition) is 0. The molecule has 2 aromatic rings. The maximum atomic E-state index is 12.3. The van der Waals surface area contributed by atoms with Crippen LogP contribution in [0.3, 0.4) is 0 Å². The fraction of sp³-hybridized carbons (Fsp3) is 0.273. The molecule has 0 unspecified atom stereocenters. The molecule has 2 aromatic carbocycles. The van der Waals surface area contributed by atoms with Crippen molar-refractivity contribution in [1.82, 2.24) is 0 Å². The standard InChI is InChI=1S/C22H24O5/c1-16-10-12-19(13-11-16)26-14-6-9-20(24)21(17(2)23)22(25)27-15-18-7-4-3-5-8-18/h3-5,7-8,10-13,24H,6,9,14-15H2,1-2H3/p-1/b21-20+. The molecule has 0 radical (unpaired) electrons. The zero-order valence-electron chi connectivity index (χ0n) is 15.6. The molecule has 0 N–H and O–H groups in total. The van der Waals surface area contributed by atoms with E-state index in [0.717, 1.165) is 11.1 Å². The van der Waals surface area contributed by atoms with Crippen LogP contribution in [0, 0.1) is 6.92 Å². The molecular formula is C22H23O5-. The summed E-state index contributed by atoms with van der Waals surface area (Å²) in [7, 11) is 0. The van der Waals surface area contributed by atoms with E-state index in [4.69, 9.17) is 9.47 Å². The zero-order chi connectivity index (χ0) is 19.6. The van der Waals surface area contributed by atoms with Crippen LogP contribution in [0.25, 0.3) is 0 Å². The van der Waals surface area contributed by atoms with Gasteiger partial charge in [-0.2, -0.15) is 0 Å². The lowest BCUT2D eigenvalue weighted by molar-refractivity contribution is -0.308. The van der Waals surface area contributed by atoms with E-state index in [0.29, 0.717) is 18.8 Å². The minimum absolute atomic E-state index is 0.0142. The van der Waals surface area contributed by atoms with Gasteiger partial charge in [-0.3, -0.25) is 4.79 Å². The minimum Gasteiger partial charge on any atom is -0.875 e. The number of esters is 1. The molecule has 2 rings (SSSR count). The number of aryl methyl sites for hydroxylation is 1. The van der Waals surface area contributed by atoms with Gasteiger partial charge in [-0.1, -0.05) is 48.0 Å². The SMILES string of the molecule is CC(=O)/C(C(=O)OCc1ccccc1)=C(\[O-])CCCOc1ccc(C)cc1. The molecule has 0 atom stereocenters. The van der Waals surface area contributed by atoms with Crippen LogP contribution in [0.1, 0.15) is 30.9 Å². The molecular weight excluding hydrogens is 344 g/mol. The van der Waals surface area contributed by atoms with E-state index < -0.39 is 23.1 Å². The molecule has 0 aliphatic rings. The molecule has 5 nitrogen and oxygen atoms in total. The third kappa shape index (κ3) is 6.62. The average molecular weight is 367 g/mol. The van der Waals surface area contributed by atoms with Crippen LogP contribution in [-0.2, 0) is 20.9 Å². The molecule has 5 heteroatoms. The molecule has 142 valence electrons. The van der Waals surface area contributed by atoms with Crippen molar-refractivity contribution >= 4 is 11.8 Å². The Bertz CT molecular complexity index is 791.